The third-order valence-corrected chi connectivity index (χ3v) is 6.45. The standard InChI is InChI=1S/C23H28N6O6S/c1-23(2,3)19(13-9-10-16-17(11-13)35-12-34-16)25-20-21(27-36(32,33)26-20)29(24)15-8-6-7-14(18(15)30)22(31)28(4)5/h6-11,19,30H,12,24H2,1-5H3,(H,25,26)/t19-/m0/s1. The van der Waals surface area contributed by atoms with Crippen LogP contribution in [0.5, 0.6) is 17.2 Å². The fraction of sp³-hybridized carbons (Fsp3) is 0.348. The summed E-state index contributed by atoms with van der Waals surface area (Å²) in [5.74, 6) is 6.21. The quantitative estimate of drug-likeness (QED) is 0.408. The molecule has 0 fully saturated rings. The molecular weight excluding hydrogens is 488 g/mol. The molecular formula is C23H28N6O6S. The topological polar surface area (TPSA) is 159 Å². The highest BCUT2D eigenvalue weighted by Crippen LogP contribution is 2.39. The number of para-hydroxylation sites is 1. The van der Waals surface area contributed by atoms with Gasteiger partial charge >= 0.3 is 10.2 Å². The maximum atomic E-state index is 12.4. The van der Waals surface area contributed by atoms with Gasteiger partial charge in [-0.15, -0.1) is 8.80 Å². The number of nitrogens with two attached hydrogens (primary N) is 1. The van der Waals surface area contributed by atoms with Gasteiger partial charge in [-0.05, 0) is 35.2 Å². The number of hydrogen-bond donors (Lipinski definition) is 3. The van der Waals surface area contributed by atoms with Crippen molar-refractivity contribution >= 4 is 33.5 Å². The average molecular weight is 517 g/mol. The first-order valence-corrected chi connectivity index (χ1v) is 12.4. The third-order valence-electron chi connectivity index (χ3n) is 5.64. The molecule has 1 atom stereocenters. The van der Waals surface area contributed by atoms with E-state index in [2.05, 4.69) is 14.1 Å². The minimum absolute atomic E-state index is 0.00576. The molecule has 0 unspecified atom stereocenters. The van der Waals surface area contributed by atoms with Gasteiger partial charge in [-0.2, -0.15) is 8.42 Å². The van der Waals surface area contributed by atoms with E-state index in [0.29, 0.717) is 11.5 Å². The number of amides is 1. The average Bonchev–Trinajstić information content (AvgIpc) is 3.38. The van der Waals surface area contributed by atoms with Gasteiger partial charge in [0.2, 0.25) is 12.6 Å². The number of anilines is 1. The Morgan fingerprint density at radius 2 is 1.83 bits per heavy atom. The van der Waals surface area contributed by atoms with E-state index in [1.807, 2.05) is 32.9 Å². The molecule has 2 aromatic rings. The zero-order chi connectivity index (χ0) is 26.4. The molecule has 0 aromatic heterocycles. The molecule has 0 aliphatic carbocycles. The largest absolute Gasteiger partial charge is 0.505 e. The van der Waals surface area contributed by atoms with Crippen molar-refractivity contribution in [1.29, 1.82) is 0 Å². The van der Waals surface area contributed by atoms with Gasteiger partial charge in [0, 0.05) is 14.1 Å². The lowest BCUT2D eigenvalue weighted by Crippen LogP contribution is -2.48. The van der Waals surface area contributed by atoms with E-state index < -0.39 is 33.3 Å². The molecule has 4 rings (SSSR count). The van der Waals surface area contributed by atoms with Crippen LogP contribution >= 0.6 is 0 Å². The summed E-state index contributed by atoms with van der Waals surface area (Å²) in [5, 5.41) is 14.8. The highest BCUT2D eigenvalue weighted by atomic mass is 32.2. The number of benzene rings is 2. The molecule has 13 heteroatoms. The Morgan fingerprint density at radius 1 is 1.14 bits per heavy atom. The Labute approximate surface area is 209 Å². The second-order valence-electron chi connectivity index (χ2n) is 9.60. The van der Waals surface area contributed by atoms with Crippen molar-refractivity contribution in [2.24, 2.45) is 20.1 Å². The Kier molecular flexibility index (Phi) is 6.31. The molecule has 2 aliphatic heterocycles. The van der Waals surface area contributed by atoms with E-state index in [1.165, 1.54) is 23.1 Å². The van der Waals surface area contributed by atoms with Gasteiger partial charge in [0.1, 0.15) is 5.69 Å². The van der Waals surface area contributed by atoms with Gasteiger partial charge in [0.15, 0.2) is 23.1 Å². The van der Waals surface area contributed by atoms with Crippen molar-refractivity contribution in [3.05, 3.63) is 47.5 Å². The van der Waals surface area contributed by atoms with E-state index in [1.54, 1.807) is 20.2 Å². The van der Waals surface area contributed by atoms with Crippen LogP contribution in [-0.4, -0.2) is 56.9 Å². The minimum Gasteiger partial charge on any atom is -0.505 e. The molecule has 2 aromatic carbocycles. The number of fused-ring (bicyclic) bond motifs is 1. The number of aromatic hydroxyl groups is 1. The molecule has 4 N–H and O–H groups in total. The Morgan fingerprint density at radius 3 is 2.50 bits per heavy atom. The number of carbonyl (C=O) groups is 1. The number of hydrazine groups is 1. The first-order chi connectivity index (χ1) is 16.8. The number of rotatable bonds is 4. The van der Waals surface area contributed by atoms with Crippen LogP contribution in [-0.2, 0) is 10.2 Å². The number of amidine groups is 2. The molecule has 36 heavy (non-hydrogen) atoms. The first kappa shape index (κ1) is 25.3. The Balaban J connectivity index is 1.71. The number of carbonyl (C=O) groups excluding carboxylic acids is 1. The van der Waals surface area contributed by atoms with Crippen LogP contribution in [0.2, 0.25) is 0 Å². The second-order valence-corrected chi connectivity index (χ2v) is 10.9. The van der Waals surface area contributed by atoms with Crippen molar-refractivity contribution in [2.45, 2.75) is 26.8 Å². The maximum absolute atomic E-state index is 12.4. The molecule has 0 saturated heterocycles. The summed E-state index contributed by atoms with van der Waals surface area (Å²) in [6.07, 6.45) is 0. The summed E-state index contributed by atoms with van der Waals surface area (Å²) in [5.41, 5.74) is 0.341. The predicted octanol–water partition coefficient (Wildman–Crippen LogP) is 1.94. The molecule has 2 heterocycles. The summed E-state index contributed by atoms with van der Waals surface area (Å²) >= 11 is 0. The highest BCUT2D eigenvalue weighted by molar-refractivity contribution is 7.89. The monoisotopic (exact) mass is 516 g/mol. The highest BCUT2D eigenvalue weighted by Gasteiger charge is 2.36. The van der Waals surface area contributed by atoms with Gasteiger partial charge in [-0.25, -0.2) is 5.84 Å². The summed E-state index contributed by atoms with van der Waals surface area (Å²) in [6, 6.07) is 9.38. The van der Waals surface area contributed by atoms with Crippen molar-refractivity contribution < 1.29 is 27.8 Å². The third kappa shape index (κ3) is 4.79. The minimum atomic E-state index is -4.24. The predicted molar refractivity (Wildman–Crippen MR) is 134 cm³/mol. The van der Waals surface area contributed by atoms with Crippen molar-refractivity contribution in [2.75, 3.05) is 25.9 Å². The van der Waals surface area contributed by atoms with E-state index in [-0.39, 0.29) is 29.7 Å². The lowest BCUT2D eigenvalue weighted by Gasteiger charge is -2.33. The van der Waals surface area contributed by atoms with Crippen molar-refractivity contribution in [3.8, 4) is 17.2 Å². The number of ether oxygens (including phenoxy) is 2. The number of nitrogens with zero attached hydrogens (tertiary/aromatic N) is 4. The Bertz CT molecular complexity index is 1380. The summed E-state index contributed by atoms with van der Waals surface area (Å²) in [4.78, 5) is 13.7. The van der Waals surface area contributed by atoms with Crippen molar-refractivity contribution in [3.63, 3.8) is 0 Å². The number of hydrogen-bond acceptors (Lipinski definition) is 9. The van der Waals surface area contributed by atoms with Gasteiger partial charge < -0.3 is 24.8 Å². The van der Waals surface area contributed by atoms with Gasteiger partial charge in [-0.3, -0.25) is 9.80 Å². The summed E-state index contributed by atoms with van der Waals surface area (Å²) in [6.45, 7) is 6.03. The van der Waals surface area contributed by atoms with Crippen LogP contribution in [0.15, 0.2) is 45.2 Å². The summed E-state index contributed by atoms with van der Waals surface area (Å²) in [7, 11) is -1.16. The zero-order valence-corrected chi connectivity index (χ0v) is 21.3. The second kappa shape index (κ2) is 8.99. The number of phenols is 1. The van der Waals surface area contributed by atoms with Crippen LogP contribution in [0.25, 0.3) is 0 Å². The van der Waals surface area contributed by atoms with E-state index in [4.69, 9.17) is 15.3 Å². The van der Waals surface area contributed by atoms with E-state index in [9.17, 15) is 18.3 Å². The first-order valence-electron chi connectivity index (χ1n) is 11.0. The van der Waals surface area contributed by atoms with Crippen molar-refractivity contribution in [1.82, 2.24) is 10.2 Å². The Hall–Kier alpha value is -3.84. The molecule has 0 spiro atoms. The van der Waals surface area contributed by atoms with Crippen LogP contribution in [0.4, 0.5) is 5.69 Å². The lowest BCUT2D eigenvalue weighted by atomic mass is 9.82. The number of nitrogens with one attached hydrogen (secondary N) is 1. The van der Waals surface area contributed by atoms with Gasteiger partial charge in [-0.1, -0.05) is 32.9 Å². The smallest absolute Gasteiger partial charge is 0.367 e. The molecule has 0 bridgehead atoms. The lowest BCUT2D eigenvalue weighted by molar-refractivity contribution is 0.0824. The van der Waals surface area contributed by atoms with E-state index >= 15 is 0 Å². The zero-order valence-electron chi connectivity index (χ0n) is 20.5. The molecule has 12 nitrogen and oxygen atoms in total. The molecule has 2 aliphatic rings. The maximum Gasteiger partial charge on any atom is 0.367 e. The normalized spacial score (nSPS) is 16.7. The van der Waals surface area contributed by atoms with Gasteiger partial charge in [0.25, 0.3) is 5.91 Å². The van der Waals surface area contributed by atoms with Gasteiger partial charge in [0.05, 0.1) is 11.6 Å². The van der Waals surface area contributed by atoms with Crippen LogP contribution in [0.1, 0.15) is 42.7 Å². The van der Waals surface area contributed by atoms with E-state index in [0.717, 1.165) is 10.6 Å². The fourth-order valence-electron chi connectivity index (χ4n) is 3.86. The van der Waals surface area contributed by atoms with Crippen LogP contribution in [0.3, 0.4) is 0 Å². The number of phenolic OH excluding ortho intramolecular Hbond substituents is 1. The molecule has 0 saturated carbocycles. The van der Waals surface area contributed by atoms with Crippen LogP contribution < -0.4 is 25.6 Å². The summed E-state index contributed by atoms with van der Waals surface area (Å²) < 4.78 is 43.1. The molecule has 1 amide bonds. The van der Waals surface area contributed by atoms with Crippen LogP contribution in [0, 0.1) is 5.41 Å². The molecule has 192 valence electrons. The SMILES string of the molecule is CN(C)C(=O)c1cccc(N(N)C2=NS(=O)(=O)N=C2N[C@@H](c2ccc3c(c2)OCO3)C(C)(C)C)c1O. The fourth-order valence-corrected chi connectivity index (χ4v) is 4.66. The molecule has 0 radical (unpaired) electrons.